The summed E-state index contributed by atoms with van der Waals surface area (Å²) >= 11 is 0. The van der Waals surface area contributed by atoms with Gasteiger partial charge in [0.2, 0.25) is 0 Å². The molecule has 158 valence electrons. The molecule has 3 aromatic rings. The van der Waals surface area contributed by atoms with Gasteiger partial charge in [0.15, 0.2) is 5.82 Å². The van der Waals surface area contributed by atoms with Gasteiger partial charge >= 0.3 is 0 Å². The molecule has 0 spiro atoms. The van der Waals surface area contributed by atoms with Gasteiger partial charge in [0, 0.05) is 31.7 Å². The Bertz CT molecular complexity index is 953. The highest BCUT2D eigenvalue weighted by molar-refractivity contribution is 5.44. The van der Waals surface area contributed by atoms with E-state index < -0.39 is 0 Å². The monoisotopic (exact) mass is 408 g/mol. The molecule has 1 saturated heterocycles. The first kappa shape index (κ1) is 20.3. The molecule has 1 atom stereocenters. The number of ether oxygens (including phenoxy) is 2. The second kappa shape index (κ2) is 9.23. The van der Waals surface area contributed by atoms with E-state index in [-0.39, 0.29) is 6.04 Å². The number of aromatic nitrogens is 4. The quantitative estimate of drug-likeness (QED) is 0.593. The Kier molecular flexibility index (Phi) is 6.25. The molecule has 0 aliphatic carbocycles. The molecule has 4 rings (SSSR count). The van der Waals surface area contributed by atoms with Crippen molar-refractivity contribution < 1.29 is 9.47 Å². The second-order valence-electron chi connectivity index (χ2n) is 7.53. The van der Waals surface area contributed by atoms with E-state index in [0.717, 1.165) is 54.6 Å². The van der Waals surface area contributed by atoms with Crippen molar-refractivity contribution in [2.24, 2.45) is 0 Å². The minimum atomic E-state index is -0.137. The van der Waals surface area contributed by atoms with Crippen molar-refractivity contribution >= 4 is 0 Å². The van der Waals surface area contributed by atoms with Crippen molar-refractivity contribution in [3.05, 3.63) is 65.5 Å². The number of rotatable bonds is 7. The van der Waals surface area contributed by atoms with Gasteiger partial charge in [-0.05, 0) is 41.2 Å². The molecular weight excluding hydrogens is 380 g/mol. The zero-order valence-electron chi connectivity index (χ0n) is 17.7. The van der Waals surface area contributed by atoms with Gasteiger partial charge in [-0.15, -0.1) is 5.10 Å². The molecule has 8 heteroatoms. The first-order valence-corrected chi connectivity index (χ1v) is 10.1. The molecule has 0 unspecified atom stereocenters. The topological polar surface area (TPSA) is 68.5 Å². The standard InChI is InChI=1S/C22H28N6O2/c1-26-11-13-27(14-12-26)21(19-15-18(29-2)9-10-20(19)30-3)22-23-24-25-28(22)16-17-7-5-4-6-8-17/h4-10,15,21H,11-14,16H2,1-3H3/t21-/m0/s1. The molecule has 1 aromatic heterocycles. The van der Waals surface area contributed by atoms with Crippen LogP contribution in [0.5, 0.6) is 11.5 Å². The van der Waals surface area contributed by atoms with Crippen LogP contribution in [0.3, 0.4) is 0 Å². The first-order valence-electron chi connectivity index (χ1n) is 10.1. The minimum Gasteiger partial charge on any atom is -0.497 e. The Morgan fingerprint density at radius 2 is 1.73 bits per heavy atom. The first-order chi connectivity index (χ1) is 14.7. The molecule has 1 aliphatic heterocycles. The molecule has 1 fully saturated rings. The Labute approximate surface area is 177 Å². The number of methoxy groups -OCH3 is 2. The molecule has 1 aliphatic rings. The number of benzene rings is 2. The van der Waals surface area contributed by atoms with Crippen LogP contribution in [0, 0.1) is 0 Å². The fourth-order valence-corrected chi connectivity index (χ4v) is 3.91. The van der Waals surface area contributed by atoms with E-state index in [1.165, 1.54) is 0 Å². The van der Waals surface area contributed by atoms with Gasteiger partial charge in [-0.1, -0.05) is 30.3 Å². The number of tetrazole rings is 1. The number of piperazine rings is 1. The highest BCUT2D eigenvalue weighted by Gasteiger charge is 2.32. The normalized spacial score (nSPS) is 16.4. The maximum Gasteiger partial charge on any atom is 0.173 e. The lowest BCUT2D eigenvalue weighted by atomic mass is 10.0. The molecule has 0 bridgehead atoms. The number of likely N-dealkylation sites (N-methyl/N-ethyl adjacent to an activating group) is 1. The van der Waals surface area contributed by atoms with E-state index >= 15 is 0 Å². The highest BCUT2D eigenvalue weighted by atomic mass is 16.5. The van der Waals surface area contributed by atoms with Gasteiger partial charge in [0.25, 0.3) is 0 Å². The Morgan fingerprint density at radius 1 is 0.967 bits per heavy atom. The number of hydrogen-bond acceptors (Lipinski definition) is 7. The molecule has 0 N–H and O–H groups in total. The molecule has 8 nitrogen and oxygen atoms in total. The van der Waals surface area contributed by atoms with Crippen molar-refractivity contribution in [2.45, 2.75) is 12.6 Å². The molecule has 0 radical (unpaired) electrons. The van der Waals surface area contributed by atoms with Crippen LogP contribution in [0.25, 0.3) is 0 Å². The summed E-state index contributed by atoms with van der Waals surface area (Å²) in [5, 5.41) is 12.8. The lowest BCUT2D eigenvalue weighted by Gasteiger charge is -2.37. The number of nitrogens with zero attached hydrogens (tertiary/aromatic N) is 6. The fourth-order valence-electron chi connectivity index (χ4n) is 3.91. The average Bonchev–Trinajstić information content (AvgIpc) is 3.23. The molecule has 30 heavy (non-hydrogen) atoms. The van der Waals surface area contributed by atoms with E-state index in [1.54, 1.807) is 14.2 Å². The van der Waals surface area contributed by atoms with Crippen molar-refractivity contribution in [1.82, 2.24) is 30.0 Å². The van der Waals surface area contributed by atoms with Crippen molar-refractivity contribution in [3.63, 3.8) is 0 Å². The maximum atomic E-state index is 5.72. The summed E-state index contributed by atoms with van der Waals surface area (Å²) in [6.07, 6.45) is 0. The second-order valence-corrected chi connectivity index (χ2v) is 7.53. The summed E-state index contributed by atoms with van der Waals surface area (Å²) in [5.41, 5.74) is 2.16. The van der Waals surface area contributed by atoms with Gasteiger partial charge in [-0.2, -0.15) is 0 Å². The van der Waals surface area contributed by atoms with Gasteiger partial charge in [-0.3, -0.25) is 4.90 Å². The Hall–Kier alpha value is -2.97. The maximum absolute atomic E-state index is 5.72. The predicted octanol–water partition coefficient (Wildman–Crippen LogP) is 2.08. The molecule has 2 aromatic carbocycles. The highest BCUT2D eigenvalue weighted by Crippen LogP contribution is 2.36. The summed E-state index contributed by atoms with van der Waals surface area (Å²) in [6, 6.07) is 16.0. The van der Waals surface area contributed by atoms with Gasteiger partial charge in [0.05, 0.1) is 20.8 Å². The van der Waals surface area contributed by atoms with E-state index in [4.69, 9.17) is 9.47 Å². The molecule has 2 heterocycles. The van der Waals surface area contributed by atoms with Crippen LogP contribution in [0.1, 0.15) is 23.0 Å². The van der Waals surface area contributed by atoms with Crippen LogP contribution < -0.4 is 9.47 Å². The van der Waals surface area contributed by atoms with Crippen LogP contribution >= 0.6 is 0 Å². The number of hydrogen-bond donors (Lipinski definition) is 0. The van der Waals surface area contributed by atoms with E-state index in [2.05, 4.69) is 44.5 Å². The van der Waals surface area contributed by atoms with Crippen molar-refractivity contribution in [2.75, 3.05) is 47.4 Å². The summed E-state index contributed by atoms with van der Waals surface area (Å²) in [4.78, 5) is 4.76. The predicted molar refractivity (Wildman–Crippen MR) is 114 cm³/mol. The van der Waals surface area contributed by atoms with Crippen LogP contribution in [-0.4, -0.2) is 77.5 Å². The molecule has 0 amide bonds. The van der Waals surface area contributed by atoms with E-state index in [9.17, 15) is 0 Å². The largest absolute Gasteiger partial charge is 0.497 e. The van der Waals surface area contributed by atoms with Crippen molar-refractivity contribution in [3.8, 4) is 11.5 Å². The van der Waals surface area contributed by atoms with Gasteiger partial charge < -0.3 is 14.4 Å². The zero-order valence-corrected chi connectivity index (χ0v) is 17.7. The summed E-state index contributed by atoms with van der Waals surface area (Å²) in [5.74, 6) is 2.39. The third-order valence-electron chi connectivity index (χ3n) is 5.61. The average molecular weight is 409 g/mol. The van der Waals surface area contributed by atoms with Crippen LogP contribution in [0.15, 0.2) is 48.5 Å². The third kappa shape index (κ3) is 4.29. The summed E-state index contributed by atoms with van der Waals surface area (Å²) < 4.78 is 13.1. The van der Waals surface area contributed by atoms with Crippen LogP contribution in [0.4, 0.5) is 0 Å². The van der Waals surface area contributed by atoms with E-state index in [0.29, 0.717) is 6.54 Å². The summed E-state index contributed by atoms with van der Waals surface area (Å²) in [7, 11) is 5.52. The smallest absolute Gasteiger partial charge is 0.173 e. The van der Waals surface area contributed by atoms with Crippen molar-refractivity contribution in [1.29, 1.82) is 0 Å². The SMILES string of the molecule is COc1ccc(OC)c([C@@H](c2nnnn2Cc2ccccc2)N2CCN(C)CC2)c1. The fraction of sp³-hybridized carbons (Fsp3) is 0.409. The Balaban J connectivity index is 1.77. The molecular formula is C22H28N6O2. The lowest BCUT2D eigenvalue weighted by molar-refractivity contribution is 0.120. The summed E-state index contributed by atoms with van der Waals surface area (Å²) in [6.45, 7) is 4.42. The Morgan fingerprint density at radius 3 is 2.43 bits per heavy atom. The minimum absolute atomic E-state index is 0.137. The molecule has 0 saturated carbocycles. The zero-order chi connectivity index (χ0) is 20.9. The van der Waals surface area contributed by atoms with Crippen LogP contribution in [0.2, 0.25) is 0 Å². The van der Waals surface area contributed by atoms with Gasteiger partial charge in [0.1, 0.15) is 17.5 Å². The van der Waals surface area contributed by atoms with Gasteiger partial charge in [-0.25, -0.2) is 4.68 Å². The third-order valence-corrected chi connectivity index (χ3v) is 5.61. The van der Waals surface area contributed by atoms with Crippen LogP contribution in [-0.2, 0) is 6.54 Å². The van der Waals surface area contributed by atoms with E-state index in [1.807, 2.05) is 41.1 Å². The lowest BCUT2D eigenvalue weighted by Crippen LogP contribution is -2.46.